The fourth-order valence-corrected chi connectivity index (χ4v) is 6.08. The van der Waals surface area contributed by atoms with E-state index in [1.165, 1.54) is 37.3 Å². The molecule has 0 saturated carbocycles. The monoisotopic (exact) mass is 609 g/mol. The van der Waals surface area contributed by atoms with Gasteiger partial charge in [0.2, 0.25) is 11.8 Å². The van der Waals surface area contributed by atoms with Crippen molar-refractivity contribution >= 4 is 27.5 Å². The normalized spacial score (nSPS) is 12.7. The number of hydrogen-bond acceptors (Lipinski definition) is 6. The van der Waals surface area contributed by atoms with Crippen LogP contribution in [0.2, 0.25) is 0 Å². The molecule has 232 valence electrons. The van der Waals surface area contributed by atoms with Gasteiger partial charge in [-0.3, -0.25) is 13.9 Å². The van der Waals surface area contributed by atoms with Gasteiger partial charge in [-0.05, 0) is 82.0 Å². The number of sulfonamides is 1. The van der Waals surface area contributed by atoms with Gasteiger partial charge >= 0.3 is 0 Å². The number of nitrogens with one attached hydrogen (secondary N) is 1. The largest absolute Gasteiger partial charge is 0.493 e. The predicted octanol–water partition coefficient (Wildman–Crippen LogP) is 5.16. The summed E-state index contributed by atoms with van der Waals surface area (Å²) in [5, 5.41) is 2.95. The van der Waals surface area contributed by atoms with Crippen LogP contribution in [0, 0.1) is 20.8 Å². The number of carbonyl (C=O) groups is 2. The minimum Gasteiger partial charge on any atom is -0.493 e. The molecule has 0 spiro atoms. The van der Waals surface area contributed by atoms with Crippen LogP contribution >= 0.6 is 0 Å². The highest BCUT2D eigenvalue weighted by Gasteiger charge is 2.33. The van der Waals surface area contributed by atoms with Crippen LogP contribution in [0.5, 0.6) is 11.5 Å². The van der Waals surface area contributed by atoms with Gasteiger partial charge in [0, 0.05) is 18.7 Å². The quantitative estimate of drug-likeness (QED) is 0.287. The molecule has 1 N–H and O–H groups in total. The van der Waals surface area contributed by atoms with Crippen LogP contribution in [0.4, 0.5) is 5.69 Å². The fourth-order valence-electron chi connectivity index (χ4n) is 4.67. The van der Waals surface area contributed by atoms with Gasteiger partial charge in [-0.25, -0.2) is 8.42 Å². The lowest BCUT2D eigenvalue weighted by Gasteiger charge is -2.32. The van der Waals surface area contributed by atoms with E-state index in [1.54, 1.807) is 19.1 Å². The second-order valence-electron chi connectivity index (χ2n) is 10.9. The summed E-state index contributed by atoms with van der Waals surface area (Å²) in [7, 11) is -1.38. The van der Waals surface area contributed by atoms with E-state index in [0.717, 1.165) is 33.0 Å². The molecule has 0 heterocycles. The van der Waals surface area contributed by atoms with Crippen LogP contribution in [0.3, 0.4) is 0 Å². The van der Waals surface area contributed by atoms with E-state index in [0.29, 0.717) is 11.4 Å². The molecule has 3 rings (SSSR count). The second-order valence-corrected chi connectivity index (χ2v) is 12.7. The lowest BCUT2D eigenvalue weighted by molar-refractivity contribution is -0.139. The highest BCUT2D eigenvalue weighted by Crippen LogP contribution is 2.33. The van der Waals surface area contributed by atoms with E-state index in [-0.39, 0.29) is 29.1 Å². The maximum absolute atomic E-state index is 14.2. The van der Waals surface area contributed by atoms with Crippen molar-refractivity contribution < 1.29 is 27.5 Å². The summed E-state index contributed by atoms with van der Waals surface area (Å²) in [6.07, 6.45) is 0.731. The molecule has 0 saturated heterocycles. The van der Waals surface area contributed by atoms with Crippen LogP contribution < -0.4 is 19.1 Å². The topological polar surface area (TPSA) is 105 Å². The van der Waals surface area contributed by atoms with Gasteiger partial charge in [0.05, 0.1) is 24.8 Å². The van der Waals surface area contributed by atoms with Crippen molar-refractivity contribution in [3.63, 3.8) is 0 Å². The Morgan fingerprint density at radius 2 is 1.44 bits per heavy atom. The molecule has 9 nitrogen and oxygen atoms in total. The lowest BCUT2D eigenvalue weighted by Crippen LogP contribution is -2.52. The number of ether oxygens (including phenoxy) is 2. The molecule has 3 aromatic carbocycles. The molecule has 2 unspecified atom stereocenters. The zero-order chi connectivity index (χ0) is 31.9. The first kappa shape index (κ1) is 33.5. The Labute approximate surface area is 255 Å². The number of methoxy groups -OCH3 is 2. The molecule has 0 aliphatic rings. The second kappa shape index (κ2) is 14.4. The van der Waals surface area contributed by atoms with Gasteiger partial charge in [-0.15, -0.1) is 0 Å². The van der Waals surface area contributed by atoms with Gasteiger partial charge in [0.25, 0.3) is 10.0 Å². The average molecular weight is 610 g/mol. The Morgan fingerprint density at radius 1 is 0.837 bits per heavy atom. The maximum atomic E-state index is 14.2. The van der Waals surface area contributed by atoms with Gasteiger partial charge in [0.1, 0.15) is 12.6 Å². The van der Waals surface area contributed by atoms with Crippen LogP contribution in [0.1, 0.15) is 49.4 Å². The maximum Gasteiger partial charge on any atom is 0.264 e. The lowest BCUT2D eigenvalue weighted by atomic mass is 10.1. The van der Waals surface area contributed by atoms with Crippen molar-refractivity contribution in [2.75, 3.05) is 25.1 Å². The molecular formula is C33H43N3O6S. The smallest absolute Gasteiger partial charge is 0.264 e. The summed E-state index contributed by atoms with van der Waals surface area (Å²) >= 11 is 0. The van der Waals surface area contributed by atoms with Crippen molar-refractivity contribution in [2.24, 2.45) is 0 Å². The number of nitrogens with zero attached hydrogens (tertiary/aromatic N) is 2. The van der Waals surface area contributed by atoms with E-state index in [2.05, 4.69) is 5.32 Å². The number of benzene rings is 3. The third kappa shape index (κ3) is 8.28. The van der Waals surface area contributed by atoms with Crippen LogP contribution in [-0.4, -0.2) is 58.0 Å². The van der Waals surface area contributed by atoms with Crippen molar-refractivity contribution in [1.29, 1.82) is 0 Å². The molecule has 0 aliphatic carbocycles. The fraction of sp³-hybridized carbons (Fsp3) is 0.394. The molecule has 3 aromatic rings. The van der Waals surface area contributed by atoms with E-state index >= 15 is 0 Å². The highest BCUT2D eigenvalue weighted by atomic mass is 32.2. The van der Waals surface area contributed by atoms with Crippen molar-refractivity contribution in [2.45, 2.75) is 71.5 Å². The molecule has 0 aromatic heterocycles. The first-order valence-corrected chi connectivity index (χ1v) is 15.7. The zero-order valence-corrected chi connectivity index (χ0v) is 27.1. The Bertz CT molecular complexity index is 1520. The summed E-state index contributed by atoms with van der Waals surface area (Å²) in [6.45, 7) is 10.8. The minimum absolute atomic E-state index is 0.0650. The highest BCUT2D eigenvalue weighted by molar-refractivity contribution is 7.92. The molecule has 0 bridgehead atoms. The summed E-state index contributed by atoms with van der Waals surface area (Å²) in [6, 6.07) is 16.4. The summed E-state index contributed by atoms with van der Waals surface area (Å²) in [5.74, 6) is -0.210. The van der Waals surface area contributed by atoms with Gasteiger partial charge in [-0.1, -0.05) is 42.8 Å². The van der Waals surface area contributed by atoms with E-state index in [4.69, 9.17) is 9.47 Å². The van der Waals surface area contributed by atoms with Gasteiger partial charge in [-0.2, -0.15) is 0 Å². The first-order chi connectivity index (χ1) is 20.3. The van der Waals surface area contributed by atoms with Crippen molar-refractivity contribution in [1.82, 2.24) is 10.2 Å². The number of aryl methyl sites for hydroxylation is 3. The van der Waals surface area contributed by atoms with Crippen molar-refractivity contribution in [3.8, 4) is 11.5 Å². The Hall–Kier alpha value is -4.05. The molecule has 0 fully saturated rings. The van der Waals surface area contributed by atoms with Gasteiger partial charge < -0.3 is 19.7 Å². The van der Waals surface area contributed by atoms with Crippen LogP contribution in [-0.2, 0) is 26.2 Å². The molecule has 43 heavy (non-hydrogen) atoms. The third-order valence-corrected chi connectivity index (χ3v) is 9.13. The zero-order valence-electron chi connectivity index (χ0n) is 26.3. The number of anilines is 1. The third-order valence-electron chi connectivity index (χ3n) is 7.36. The van der Waals surface area contributed by atoms with E-state index < -0.39 is 28.5 Å². The molecule has 0 aliphatic heterocycles. The van der Waals surface area contributed by atoms with E-state index in [9.17, 15) is 18.0 Å². The SMILES string of the molecule is CCC(C)NC(=O)C(C)N(Cc1ccc(C)cc1)C(=O)CN(c1cc(C)cc(C)c1)S(=O)(=O)c1ccc(OC)c(OC)c1. The number of carbonyl (C=O) groups excluding carboxylic acids is 2. The Morgan fingerprint density at radius 3 is 2.00 bits per heavy atom. The molecule has 2 amide bonds. The number of rotatable bonds is 13. The standard InChI is InChI=1S/C33H43N3O6S/c1-9-25(5)34-33(38)26(6)35(20-27-12-10-22(2)11-13-27)32(37)21-36(28-17-23(3)16-24(4)18-28)43(39,40)29-14-15-30(41-7)31(19-29)42-8/h10-19,25-26H,9,20-21H2,1-8H3,(H,34,38). The average Bonchev–Trinajstić information content (AvgIpc) is 2.97. The van der Waals surface area contributed by atoms with Crippen molar-refractivity contribution in [3.05, 3.63) is 82.9 Å². The van der Waals surface area contributed by atoms with Gasteiger partial charge in [0.15, 0.2) is 11.5 Å². The summed E-state index contributed by atoms with van der Waals surface area (Å²) in [4.78, 5) is 28.8. The van der Waals surface area contributed by atoms with E-state index in [1.807, 2.05) is 65.0 Å². The molecule has 10 heteroatoms. The molecule has 2 atom stereocenters. The van der Waals surface area contributed by atoms with Crippen LogP contribution in [0.15, 0.2) is 65.6 Å². The number of amides is 2. The minimum atomic E-state index is -4.27. The first-order valence-electron chi connectivity index (χ1n) is 14.3. The predicted molar refractivity (Wildman–Crippen MR) is 169 cm³/mol. The Balaban J connectivity index is 2.10. The molecule has 0 radical (unpaired) electrons. The van der Waals surface area contributed by atoms with Crippen LogP contribution in [0.25, 0.3) is 0 Å². The number of hydrogen-bond donors (Lipinski definition) is 1. The molecular weight excluding hydrogens is 566 g/mol. The summed E-state index contributed by atoms with van der Waals surface area (Å²) < 4.78 is 40.2. The Kier molecular flexibility index (Phi) is 11.2. The summed E-state index contributed by atoms with van der Waals surface area (Å²) in [5.41, 5.74) is 3.90.